The fourth-order valence-corrected chi connectivity index (χ4v) is 2.75. The number of nitrogens with zero attached hydrogens (tertiary/aromatic N) is 2. The molecule has 0 fully saturated rings. The monoisotopic (exact) mass is 351 g/mol. The van der Waals surface area contributed by atoms with E-state index in [0.717, 1.165) is 5.56 Å². The number of para-hydroxylation sites is 1. The van der Waals surface area contributed by atoms with Crippen LogP contribution < -0.4 is 5.56 Å². The van der Waals surface area contributed by atoms with Gasteiger partial charge in [0.25, 0.3) is 5.91 Å². The maximum absolute atomic E-state index is 13.1. The number of amides is 1. The zero-order valence-corrected chi connectivity index (χ0v) is 13.9. The fraction of sp³-hybridized carbons (Fsp3) is 0.158. The molecule has 2 aromatic heterocycles. The molecule has 0 spiro atoms. The Labute approximate surface area is 148 Å². The number of aromatic amines is 1. The largest absolute Gasteiger partial charge is 0.481 e. The Bertz CT molecular complexity index is 998. The van der Waals surface area contributed by atoms with E-state index in [0.29, 0.717) is 10.9 Å². The van der Waals surface area contributed by atoms with E-state index in [2.05, 4.69) is 9.97 Å². The highest BCUT2D eigenvalue weighted by Gasteiger charge is 2.20. The summed E-state index contributed by atoms with van der Waals surface area (Å²) in [5.41, 5.74) is 1.20. The summed E-state index contributed by atoms with van der Waals surface area (Å²) in [6.45, 7) is 0.241. The third kappa shape index (κ3) is 3.94. The number of carboxylic acid groups (broad SMARTS) is 1. The summed E-state index contributed by atoms with van der Waals surface area (Å²) in [6.07, 6.45) is 3.06. The topological polar surface area (TPSA) is 103 Å². The molecule has 3 aromatic rings. The standard InChI is InChI=1S/C19H17N3O4/c23-17-10-15(14-5-1-2-6-16(14)21-17)19(26)22(9-7-18(24)25)12-13-4-3-8-20-11-13/h1-6,8,10-11H,7,9,12H2,(H,21,23)(H,24,25). The van der Waals surface area contributed by atoms with Crippen molar-refractivity contribution in [3.63, 3.8) is 0 Å². The number of carbonyl (C=O) groups excluding carboxylic acids is 1. The summed E-state index contributed by atoms with van der Waals surface area (Å²) in [7, 11) is 0. The first-order valence-corrected chi connectivity index (χ1v) is 8.06. The third-order valence-corrected chi connectivity index (χ3v) is 3.96. The van der Waals surface area contributed by atoms with E-state index in [-0.39, 0.29) is 30.6 Å². The van der Waals surface area contributed by atoms with Crippen LogP contribution in [0.1, 0.15) is 22.3 Å². The molecule has 2 heterocycles. The first-order valence-electron chi connectivity index (χ1n) is 8.06. The molecule has 0 unspecified atom stereocenters. The lowest BCUT2D eigenvalue weighted by Crippen LogP contribution is -2.33. The quantitative estimate of drug-likeness (QED) is 0.707. The number of hydrogen-bond donors (Lipinski definition) is 2. The molecule has 0 bridgehead atoms. The van der Waals surface area contributed by atoms with Gasteiger partial charge in [-0.15, -0.1) is 0 Å². The number of aromatic nitrogens is 2. The van der Waals surface area contributed by atoms with Gasteiger partial charge in [0.15, 0.2) is 0 Å². The second-order valence-corrected chi connectivity index (χ2v) is 5.82. The highest BCUT2D eigenvalue weighted by atomic mass is 16.4. The lowest BCUT2D eigenvalue weighted by molar-refractivity contribution is -0.137. The van der Waals surface area contributed by atoms with Gasteiger partial charge in [-0.05, 0) is 17.7 Å². The van der Waals surface area contributed by atoms with Gasteiger partial charge in [-0.3, -0.25) is 19.4 Å². The van der Waals surface area contributed by atoms with Crippen LogP contribution in [0, 0.1) is 0 Å². The number of H-pyrrole nitrogens is 1. The van der Waals surface area contributed by atoms with E-state index in [1.807, 2.05) is 6.07 Å². The number of pyridine rings is 2. The molecule has 3 rings (SSSR count). The van der Waals surface area contributed by atoms with Crippen molar-refractivity contribution in [2.45, 2.75) is 13.0 Å². The molecule has 1 amide bonds. The number of hydrogen-bond acceptors (Lipinski definition) is 4. The minimum absolute atomic E-state index is 0.0319. The minimum Gasteiger partial charge on any atom is -0.481 e. The van der Waals surface area contributed by atoms with E-state index in [1.54, 1.807) is 42.7 Å². The minimum atomic E-state index is -0.996. The van der Waals surface area contributed by atoms with E-state index in [9.17, 15) is 14.4 Å². The smallest absolute Gasteiger partial charge is 0.305 e. The summed E-state index contributed by atoms with van der Waals surface area (Å²) in [5, 5.41) is 9.61. The van der Waals surface area contributed by atoms with Crippen molar-refractivity contribution in [3.8, 4) is 0 Å². The van der Waals surface area contributed by atoms with Gasteiger partial charge in [0, 0.05) is 42.5 Å². The lowest BCUT2D eigenvalue weighted by atomic mass is 10.1. The molecule has 0 saturated heterocycles. The van der Waals surface area contributed by atoms with Gasteiger partial charge in [-0.1, -0.05) is 24.3 Å². The van der Waals surface area contributed by atoms with Crippen LogP contribution in [0.5, 0.6) is 0 Å². The van der Waals surface area contributed by atoms with Gasteiger partial charge < -0.3 is 15.0 Å². The number of carboxylic acids is 1. The third-order valence-electron chi connectivity index (χ3n) is 3.96. The van der Waals surface area contributed by atoms with Crippen molar-refractivity contribution in [1.29, 1.82) is 0 Å². The van der Waals surface area contributed by atoms with Gasteiger partial charge in [-0.2, -0.15) is 0 Å². The Hall–Kier alpha value is -3.48. The zero-order chi connectivity index (χ0) is 18.5. The molecule has 26 heavy (non-hydrogen) atoms. The molecule has 0 aliphatic heterocycles. The number of carbonyl (C=O) groups is 2. The second-order valence-electron chi connectivity index (χ2n) is 5.82. The number of aliphatic carboxylic acids is 1. The maximum Gasteiger partial charge on any atom is 0.305 e. The van der Waals surface area contributed by atoms with Crippen LogP contribution >= 0.6 is 0 Å². The van der Waals surface area contributed by atoms with Crippen molar-refractivity contribution in [3.05, 3.63) is 76.3 Å². The van der Waals surface area contributed by atoms with Gasteiger partial charge in [0.05, 0.1) is 12.0 Å². The van der Waals surface area contributed by atoms with Crippen LogP contribution in [0.25, 0.3) is 10.9 Å². The Morgan fingerprint density at radius 2 is 1.96 bits per heavy atom. The normalized spacial score (nSPS) is 10.6. The van der Waals surface area contributed by atoms with Crippen molar-refractivity contribution >= 4 is 22.8 Å². The average Bonchev–Trinajstić information content (AvgIpc) is 2.64. The molecule has 0 aliphatic carbocycles. The van der Waals surface area contributed by atoms with Crippen molar-refractivity contribution < 1.29 is 14.7 Å². The van der Waals surface area contributed by atoms with Crippen LogP contribution in [-0.4, -0.2) is 38.4 Å². The summed E-state index contributed by atoms with van der Waals surface area (Å²) in [4.78, 5) is 44.1. The predicted octanol–water partition coefficient (Wildman–Crippen LogP) is 2.04. The molecule has 2 N–H and O–H groups in total. The lowest BCUT2D eigenvalue weighted by Gasteiger charge is -2.22. The van der Waals surface area contributed by atoms with E-state index in [1.165, 1.54) is 11.0 Å². The number of rotatable bonds is 6. The van der Waals surface area contributed by atoms with Gasteiger partial charge >= 0.3 is 5.97 Å². The molecule has 132 valence electrons. The molecule has 1 aromatic carbocycles. The SMILES string of the molecule is O=C(O)CCN(Cc1cccnc1)C(=O)c1cc(=O)[nH]c2ccccc12. The van der Waals surface area contributed by atoms with Crippen molar-refractivity contribution in [1.82, 2.24) is 14.9 Å². The van der Waals surface area contributed by atoms with Crippen LogP contribution in [0.3, 0.4) is 0 Å². The molecule has 0 atom stereocenters. The molecular formula is C19H17N3O4. The highest BCUT2D eigenvalue weighted by Crippen LogP contribution is 2.18. The number of fused-ring (bicyclic) bond motifs is 1. The summed E-state index contributed by atoms with van der Waals surface area (Å²) in [6, 6.07) is 11.8. The zero-order valence-electron chi connectivity index (χ0n) is 13.9. The molecule has 0 aliphatic rings. The van der Waals surface area contributed by atoms with Crippen LogP contribution in [0.4, 0.5) is 0 Å². The summed E-state index contributed by atoms with van der Waals surface area (Å²) in [5.74, 6) is -1.39. The molecule has 0 saturated carbocycles. The number of benzene rings is 1. The number of nitrogens with one attached hydrogen (secondary N) is 1. The summed E-state index contributed by atoms with van der Waals surface area (Å²) < 4.78 is 0. The van der Waals surface area contributed by atoms with Crippen molar-refractivity contribution in [2.24, 2.45) is 0 Å². The first-order chi connectivity index (χ1) is 12.5. The summed E-state index contributed by atoms with van der Waals surface area (Å²) >= 11 is 0. The molecular weight excluding hydrogens is 334 g/mol. The van der Waals surface area contributed by atoms with E-state index < -0.39 is 11.9 Å². The Balaban J connectivity index is 1.99. The van der Waals surface area contributed by atoms with Gasteiger partial charge in [0.1, 0.15) is 0 Å². The Morgan fingerprint density at radius 3 is 2.69 bits per heavy atom. The maximum atomic E-state index is 13.1. The van der Waals surface area contributed by atoms with E-state index >= 15 is 0 Å². The van der Waals surface area contributed by atoms with Gasteiger partial charge in [-0.25, -0.2) is 0 Å². The van der Waals surface area contributed by atoms with Crippen LogP contribution in [0.15, 0.2) is 59.7 Å². The Kier molecular flexibility index (Phi) is 5.07. The molecule has 7 heteroatoms. The van der Waals surface area contributed by atoms with Crippen molar-refractivity contribution in [2.75, 3.05) is 6.54 Å². The van der Waals surface area contributed by atoms with Crippen LogP contribution in [0.2, 0.25) is 0 Å². The molecule has 7 nitrogen and oxygen atoms in total. The van der Waals surface area contributed by atoms with E-state index in [4.69, 9.17) is 5.11 Å². The Morgan fingerprint density at radius 1 is 1.15 bits per heavy atom. The molecule has 0 radical (unpaired) electrons. The fourth-order valence-electron chi connectivity index (χ4n) is 2.75. The second kappa shape index (κ2) is 7.60. The average molecular weight is 351 g/mol. The predicted molar refractivity (Wildman–Crippen MR) is 95.8 cm³/mol. The first kappa shape index (κ1) is 17.3. The highest BCUT2D eigenvalue weighted by molar-refractivity contribution is 6.06. The van der Waals surface area contributed by atoms with Crippen LogP contribution in [-0.2, 0) is 11.3 Å². The van der Waals surface area contributed by atoms with Gasteiger partial charge in [0.2, 0.25) is 5.56 Å².